The number of alkyl halides is 2. The molecule has 5 rings (SSSR count). The van der Waals surface area contributed by atoms with Crippen LogP contribution in [0.15, 0.2) is 30.5 Å². The van der Waals surface area contributed by atoms with Crippen molar-refractivity contribution >= 4 is 28.4 Å². The minimum Gasteiger partial charge on any atom is -0.479 e. The van der Waals surface area contributed by atoms with Gasteiger partial charge in [-0.05, 0) is 37.1 Å². The monoisotopic (exact) mass is 487 g/mol. The third-order valence-corrected chi connectivity index (χ3v) is 6.24. The van der Waals surface area contributed by atoms with Crippen LogP contribution in [0.5, 0.6) is 5.88 Å². The van der Waals surface area contributed by atoms with Crippen LogP contribution in [0.4, 0.5) is 14.7 Å². The second kappa shape index (κ2) is 9.08. The van der Waals surface area contributed by atoms with Gasteiger partial charge in [0.15, 0.2) is 0 Å². The number of benzene rings is 1. The number of aromatic nitrogens is 6. The molecule has 0 radical (unpaired) electrons. The highest BCUT2D eigenvalue weighted by atomic mass is 19.1. The molecule has 1 aromatic carbocycles. The number of fused-ring (bicyclic) bond motifs is 2. The van der Waals surface area contributed by atoms with Gasteiger partial charge in [-0.15, -0.1) is 10.2 Å². The lowest BCUT2D eigenvalue weighted by molar-refractivity contribution is -0.131. The number of halogens is 2. The Morgan fingerprint density at radius 2 is 2.26 bits per heavy atom. The van der Waals surface area contributed by atoms with E-state index in [1.54, 1.807) is 23.7 Å². The summed E-state index contributed by atoms with van der Waals surface area (Å²) in [5.74, 6) is -0.694. The van der Waals surface area contributed by atoms with Gasteiger partial charge in [-0.1, -0.05) is 11.3 Å². The molecule has 10 nitrogen and oxygen atoms in total. The van der Waals surface area contributed by atoms with Crippen LogP contribution in [0, 0.1) is 0 Å². The predicted octanol–water partition coefficient (Wildman–Crippen LogP) is 3.05. The lowest BCUT2D eigenvalue weighted by Gasteiger charge is -2.34. The third-order valence-electron chi connectivity index (χ3n) is 6.24. The summed E-state index contributed by atoms with van der Waals surface area (Å²) in [7, 11) is 1.46. The average molecular weight is 488 g/mol. The largest absolute Gasteiger partial charge is 0.479 e. The summed E-state index contributed by atoms with van der Waals surface area (Å²) in [6, 6.07) is 6.18. The number of rotatable bonds is 6. The molecule has 1 aliphatic heterocycles. The highest BCUT2D eigenvalue weighted by molar-refractivity contribution is 5.89. The van der Waals surface area contributed by atoms with Crippen molar-refractivity contribution in [2.45, 2.75) is 38.5 Å². The first-order valence-corrected chi connectivity index (χ1v) is 11.2. The molecule has 3 aromatic heterocycles. The molecule has 184 valence electrons. The number of anilines is 1. The molecule has 35 heavy (non-hydrogen) atoms. The van der Waals surface area contributed by atoms with Gasteiger partial charge < -0.3 is 15.0 Å². The Balaban J connectivity index is 1.42. The van der Waals surface area contributed by atoms with Crippen molar-refractivity contribution in [3.63, 3.8) is 0 Å². The van der Waals surface area contributed by atoms with Crippen molar-refractivity contribution in [2.24, 2.45) is 0 Å². The molecule has 3 atom stereocenters. The zero-order chi connectivity index (χ0) is 27.2. The van der Waals surface area contributed by atoms with Crippen LogP contribution >= 0.6 is 0 Å². The van der Waals surface area contributed by atoms with Crippen molar-refractivity contribution in [3.05, 3.63) is 30.5 Å². The molecule has 0 spiro atoms. The molecule has 4 aromatic rings. The van der Waals surface area contributed by atoms with Gasteiger partial charge in [0.2, 0.25) is 17.7 Å². The van der Waals surface area contributed by atoms with E-state index >= 15 is 0 Å². The minimum absolute atomic E-state index is 0.0945. The molecule has 1 saturated heterocycles. The Morgan fingerprint density at radius 3 is 3.00 bits per heavy atom. The van der Waals surface area contributed by atoms with Gasteiger partial charge in [0.05, 0.1) is 31.3 Å². The number of carbonyl (C=O) groups excluding carboxylic acids is 1. The Morgan fingerprint density at radius 1 is 1.40 bits per heavy atom. The van der Waals surface area contributed by atoms with E-state index < -0.39 is 37.7 Å². The Labute approximate surface area is 204 Å². The quantitative estimate of drug-likeness (QED) is 0.446. The number of ether oxygens (including phenoxy) is 1. The van der Waals surface area contributed by atoms with E-state index in [-0.39, 0.29) is 31.3 Å². The fourth-order valence-corrected chi connectivity index (χ4v) is 4.34. The first-order chi connectivity index (χ1) is 18.1. The molecule has 1 amide bonds. The van der Waals surface area contributed by atoms with Crippen molar-refractivity contribution < 1.29 is 22.4 Å². The average Bonchev–Trinajstić information content (AvgIpc) is 3.52. The van der Waals surface area contributed by atoms with Crippen LogP contribution in [0.3, 0.4) is 0 Å². The molecule has 12 heteroatoms. The zero-order valence-corrected chi connectivity index (χ0v) is 19.2. The molecule has 0 unspecified atom stereocenters. The maximum atomic E-state index is 14.9. The van der Waals surface area contributed by atoms with E-state index in [0.29, 0.717) is 16.6 Å². The molecular weight excluding hydrogens is 458 g/mol. The first kappa shape index (κ1) is 19.5. The highest BCUT2D eigenvalue weighted by Gasteiger charge is 2.31. The summed E-state index contributed by atoms with van der Waals surface area (Å²) < 4.78 is 58.7. The van der Waals surface area contributed by atoms with Crippen molar-refractivity contribution in [2.75, 3.05) is 32.2 Å². The predicted molar refractivity (Wildman–Crippen MR) is 126 cm³/mol. The van der Waals surface area contributed by atoms with Gasteiger partial charge in [0, 0.05) is 29.3 Å². The number of piperidine rings is 1. The first-order valence-electron chi connectivity index (χ1n) is 12.7. The van der Waals surface area contributed by atoms with Crippen LogP contribution in [0.1, 0.15) is 30.4 Å². The van der Waals surface area contributed by atoms with E-state index in [2.05, 4.69) is 25.7 Å². The second-order valence-corrected chi connectivity index (χ2v) is 8.51. The van der Waals surface area contributed by atoms with Crippen LogP contribution in [-0.4, -0.2) is 79.5 Å². The van der Waals surface area contributed by atoms with Crippen molar-refractivity contribution in [1.29, 1.82) is 0 Å². The topological polar surface area (TPSA) is 102 Å². The second-order valence-electron chi connectivity index (χ2n) is 8.51. The molecule has 4 heterocycles. The van der Waals surface area contributed by atoms with Crippen LogP contribution in [0.25, 0.3) is 27.7 Å². The maximum absolute atomic E-state index is 14.9. The van der Waals surface area contributed by atoms with Crippen LogP contribution < -0.4 is 10.1 Å². The van der Waals surface area contributed by atoms with E-state index in [9.17, 15) is 13.6 Å². The highest BCUT2D eigenvalue weighted by Crippen LogP contribution is 2.33. The number of likely N-dealkylation sites (tertiary alicyclic amines) is 1. The maximum Gasteiger partial charge on any atom is 0.244 e. The number of nitrogens with one attached hydrogen (secondary N) is 1. The van der Waals surface area contributed by atoms with Gasteiger partial charge in [-0.3, -0.25) is 4.79 Å². The van der Waals surface area contributed by atoms with Crippen LogP contribution in [-0.2, 0) is 4.79 Å². The Hall–Kier alpha value is -3.83. The van der Waals surface area contributed by atoms with Gasteiger partial charge in [0.1, 0.15) is 23.9 Å². The zero-order valence-electron chi connectivity index (χ0n) is 22.2. The van der Waals surface area contributed by atoms with Gasteiger partial charge in [-0.25, -0.2) is 18.0 Å². The molecule has 0 saturated carbocycles. The number of hydrogen-bond acceptors (Lipinski definition) is 7. The molecule has 1 aliphatic rings. The Bertz CT molecular complexity index is 1490. The Kier molecular flexibility index (Phi) is 5.05. The van der Waals surface area contributed by atoms with E-state index in [1.807, 2.05) is 18.2 Å². The van der Waals surface area contributed by atoms with E-state index in [0.717, 1.165) is 16.0 Å². The number of methoxy groups -OCH3 is 1. The summed E-state index contributed by atoms with van der Waals surface area (Å²) in [6.07, 6.45) is 0.384. The standard InChI is InChI=1S/C23H26F2N8O2/c1-13(11-24)33-20-10-15(4-5-19(20)28-30-33)16-6-9-32-21(16)22(35-3)27-23(29-32)26-18-7-8-31(14(2)34)12-17(18)25/h4-6,9-10,13,17-18H,7-8,11-12H2,1-3H3,(H,26,29)/t13-,17-,18+/m1/s1/i2D3. The number of hydrogen-bond donors (Lipinski definition) is 1. The van der Waals surface area contributed by atoms with Crippen molar-refractivity contribution in [1.82, 2.24) is 34.5 Å². The number of carbonyl (C=O) groups is 1. The summed E-state index contributed by atoms with van der Waals surface area (Å²) in [6.45, 7) is -1.91. The summed E-state index contributed by atoms with van der Waals surface area (Å²) >= 11 is 0. The summed E-state index contributed by atoms with van der Waals surface area (Å²) in [4.78, 5) is 17.5. The number of amides is 1. The molecule has 1 N–H and O–H groups in total. The smallest absolute Gasteiger partial charge is 0.244 e. The number of nitrogens with zero attached hydrogens (tertiary/aromatic N) is 7. The lowest BCUT2D eigenvalue weighted by Crippen LogP contribution is -2.49. The fourth-order valence-electron chi connectivity index (χ4n) is 4.34. The van der Waals surface area contributed by atoms with E-state index in [1.165, 1.54) is 11.8 Å². The fraction of sp³-hybridized carbons (Fsp3) is 0.435. The van der Waals surface area contributed by atoms with Gasteiger partial charge in [-0.2, -0.15) is 4.98 Å². The third kappa shape index (κ3) is 4.13. The van der Waals surface area contributed by atoms with Crippen molar-refractivity contribution in [3.8, 4) is 17.0 Å². The van der Waals surface area contributed by atoms with Gasteiger partial charge >= 0.3 is 0 Å². The van der Waals surface area contributed by atoms with E-state index in [4.69, 9.17) is 8.85 Å². The normalized spacial score (nSPS) is 20.9. The molecule has 1 fully saturated rings. The molecule has 0 aliphatic carbocycles. The van der Waals surface area contributed by atoms with Crippen LogP contribution in [0.2, 0.25) is 0 Å². The van der Waals surface area contributed by atoms with Gasteiger partial charge in [0.25, 0.3) is 0 Å². The summed E-state index contributed by atoms with van der Waals surface area (Å²) in [5, 5.41) is 15.6. The lowest BCUT2D eigenvalue weighted by atomic mass is 10.0. The minimum atomic E-state index is -2.81. The molecule has 0 bridgehead atoms. The molecular formula is C23H26F2N8O2. The summed E-state index contributed by atoms with van der Waals surface area (Å²) in [5.41, 5.74) is 3.45. The SMILES string of the molecule is [2H]C([2H])([2H])C(=O)N1CC[C@H](Nc2nc(OC)c3c(-c4ccc5nnn([C@H](C)CF)c5c4)ccn3n2)[C@H](F)C1.